The maximum Gasteiger partial charge on any atom is 0.341 e. The van der Waals surface area contributed by atoms with Crippen molar-refractivity contribution in [1.29, 1.82) is 0 Å². The minimum absolute atomic E-state index is 0.117. The fourth-order valence-corrected chi connectivity index (χ4v) is 3.38. The molecule has 3 aromatic rings. The molecular formula is C24H21ClN2O5. The first-order chi connectivity index (χ1) is 15.5. The number of benzene rings is 3. The standard InChI is InChI=1S/C24H21ClN2O5/c1-31-20-13-16(12-19(25)23(20)32-15-21(28)29)14-26-27-24(30)22(17-8-4-2-5-9-17)18-10-6-3-7-11-18/h2-14,22H,15H2,1H3,(H,27,30)(H,28,29)/b26-14+. The smallest absolute Gasteiger partial charge is 0.341 e. The van der Waals surface area contributed by atoms with Crippen LogP contribution in [-0.4, -0.2) is 36.9 Å². The summed E-state index contributed by atoms with van der Waals surface area (Å²) in [6.07, 6.45) is 1.42. The largest absolute Gasteiger partial charge is 0.493 e. The van der Waals surface area contributed by atoms with E-state index >= 15 is 0 Å². The number of carbonyl (C=O) groups excluding carboxylic acids is 1. The fourth-order valence-electron chi connectivity index (χ4n) is 3.11. The number of methoxy groups -OCH3 is 1. The highest BCUT2D eigenvalue weighted by Gasteiger charge is 2.22. The van der Waals surface area contributed by atoms with Gasteiger partial charge in [-0.1, -0.05) is 72.3 Å². The molecule has 0 radical (unpaired) electrons. The third-order valence-electron chi connectivity index (χ3n) is 4.51. The SMILES string of the molecule is COc1cc(/C=N/NC(=O)C(c2ccccc2)c2ccccc2)cc(Cl)c1OCC(=O)O. The molecule has 164 valence electrons. The van der Waals surface area contributed by atoms with Gasteiger partial charge in [0, 0.05) is 0 Å². The second-order valence-electron chi connectivity index (χ2n) is 6.71. The number of rotatable bonds is 9. The van der Waals surface area contributed by atoms with E-state index in [0.29, 0.717) is 5.56 Å². The molecule has 0 unspecified atom stereocenters. The Bertz CT molecular complexity index is 1060. The second kappa shape index (κ2) is 11.0. The third kappa shape index (κ3) is 5.86. The van der Waals surface area contributed by atoms with Gasteiger partial charge in [-0.25, -0.2) is 10.2 Å². The Balaban J connectivity index is 1.78. The zero-order valence-corrected chi connectivity index (χ0v) is 18.0. The molecule has 3 aromatic carbocycles. The normalized spacial score (nSPS) is 10.8. The maximum absolute atomic E-state index is 13.0. The predicted molar refractivity (Wildman–Crippen MR) is 122 cm³/mol. The van der Waals surface area contributed by atoms with Crippen molar-refractivity contribution in [2.75, 3.05) is 13.7 Å². The highest BCUT2D eigenvalue weighted by Crippen LogP contribution is 2.36. The molecule has 0 fully saturated rings. The number of carboxylic acid groups (broad SMARTS) is 1. The van der Waals surface area contributed by atoms with Gasteiger partial charge in [0.2, 0.25) is 0 Å². The van der Waals surface area contributed by atoms with Crippen LogP contribution in [0.2, 0.25) is 5.02 Å². The van der Waals surface area contributed by atoms with Crippen LogP contribution in [0, 0.1) is 0 Å². The van der Waals surface area contributed by atoms with Gasteiger partial charge in [0.25, 0.3) is 5.91 Å². The maximum atomic E-state index is 13.0. The lowest BCUT2D eigenvalue weighted by atomic mass is 9.91. The summed E-state index contributed by atoms with van der Waals surface area (Å²) >= 11 is 6.20. The van der Waals surface area contributed by atoms with Gasteiger partial charge < -0.3 is 14.6 Å². The first kappa shape index (κ1) is 22.8. The van der Waals surface area contributed by atoms with Crippen molar-refractivity contribution in [3.63, 3.8) is 0 Å². The number of nitrogens with zero attached hydrogens (tertiary/aromatic N) is 1. The van der Waals surface area contributed by atoms with Crippen LogP contribution in [-0.2, 0) is 9.59 Å². The van der Waals surface area contributed by atoms with Crippen molar-refractivity contribution < 1.29 is 24.2 Å². The number of aliphatic carboxylic acids is 1. The van der Waals surface area contributed by atoms with Gasteiger partial charge in [-0.15, -0.1) is 0 Å². The van der Waals surface area contributed by atoms with Crippen molar-refractivity contribution in [3.8, 4) is 11.5 Å². The summed E-state index contributed by atoms with van der Waals surface area (Å²) in [5.74, 6) is -1.59. The van der Waals surface area contributed by atoms with Gasteiger partial charge in [-0.2, -0.15) is 5.10 Å². The molecule has 3 rings (SSSR count). The number of amides is 1. The molecule has 1 amide bonds. The quantitative estimate of drug-likeness (QED) is 0.376. The van der Waals surface area contributed by atoms with Crippen LogP contribution in [0.1, 0.15) is 22.6 Å². The Morgan fingerprint density at radius 2 is 1.66 bits per heavy atom. The lowest BCUT2D eigenvalue weighted by molar-refractivity contribution is -0.139. The van der Waals surface area contributed by atoms with Crippen LogP contribution >= 0.6 is 11.6 Å². The van der Waals surface area contributed by atoms with E-state index in [4.69, 9.17) is 26.2 Å². The molecule has 2 N–H and O–H groups in total. The Hall–Kier alpha value is -3.84. The van der Waals surface area contributed by atoms with Crippen molar-refractivity contribution in [3.05, 3.63) is 94.5 Å². The lowest BCUT2D eigenvalue weighted by Crippen LogP contribution is -2.26. The molecule has 0 aromatic heterocycles. The molecular weight excluding hydrogens is 432 g/mol. The molecule has 0 aliphatic rings. The lowest BCUT2D eigenvalue weighted by Gasteiger charge is -2.16. The summed E-state index contributed by atoms with van der Waals surface area (Å²) in [6, 6.07) is 22.0. The topological polar surface area (TPSA) is 97.2 Å². The molecule has 0 bridgehead atoms. The van der Waals surface area contributed by atoms with E-state index in [0.717, 1.165) is 11.1 Å². The first-order valence-electron chi connectivity index (χ1n) is 9.64. The summed E-state index contributed by atoms with van der Waals surface area (Å²) in [7, 11) is 1.41. The Morgan fingerprint density at radius 1 is 1.06 bits per heavy atom. The summed E-state index contributed by atoms with van der Waals surface area (Å²) in [5, 5.41) is 13.0. The Morgan fingerprint density at radius 3 is 2.19 bits per heavy atom. The molecule has 0 atom stereocenters. The number of hydrazone groups is 1. The summed E-state index contributed by atoms with van der Waals surface area (Å²) < 4.78 is 10.4. The average Bonchev–Trinajstić information content (AvgIpc) is 2.79. The Labute approximate surface area is 190 Å². The molecule has 0 saturated heterocycles. The van der Waals surface area contributed by atoms with E-state index in [9.17, 15) is 9.59 Å². The molecule has 0 aliphatic heterocycles. The highest BCUT2D eigenvalue weighted by atomic mass is 35.5. The number of carbonyl (C=O) groups is 2. The molecule has 0 heterocycles. The van der Waals surface area contributed by atoms with Crippen LogP contribution in [0.25, 0.3) is 0 Å². The van der Waals surface area contributed by atoms with Crippen LogP contribution in [0.15, 0.2) is 77.9 Å². The third-order valence-corrected chi connectivity index (χ3v) is 4.79. The molecule has 7 nitrogen and oxygen atoms in total. The van der Waals surface area contributed by atoms with Crippen LogP contribution in [0.3, 0.4) is 0 Å². The van der Waals surface area contributed by atoms with E-state index in [-0.39, 0.29) is 22.4 Å². The summed E-state index contributed by atoms with van der Waals surface area (Å²) in [4.78, 5) is 23.7. The molecule has 0 aliphatic carbocycles. The van der Waals surface area contributed by atoms with E-state index in [2.05, 4.69) is 10.5 Å². The van der Waals surface area contributed by atoms with Gasteiger partial charge in [0.1, 0.15) is 0 Å². The minimum Gasteiger partial charge on any atom is -0.493 e. The molecule has 0 spiro atoms. The number of hydrogen-bond donors (Lipinski definition) is 2. The van der Waals surface area contributed by atoms with Gasteiger partial charge in [-0.05, 0) is 28.8 Å². The first-order valence-corrected chi connectivity index (χ1v) is 10.0. The van der Waals surface area contributed by atoms with Crippen LogP contribution < -0.4 is 14.9 Å². The zero-order valence-electron chi connectivity index (χ0n) is 17.2. The second-order valence-corrected chi connectivity index (χ2v) is 7.11. The summed E-state index contributed by atoms with van der Waals surface area (Å²) in [5.41, 5.74) is 4.80. The van der Waals surface area contributed by atoms with Gasteiger partial charge >= 0.3 is 5.97 Å². The fraction of sp³-hybridized carbons (Fsp3) is 0.125. The monoisotopic (exact) mass is 452 g/mol. The van der Waals surface area contributed by atoms with Crippen LogP contribution in [0.4, 0.5) is 0 Å². The minimum atomic E-state index is -1.14. The van der Waals surface area contributed by atoms with E-state index in [1.165, 1.54) is 19.4 Å². The van der Waals surface area contributed by atoms with Crippen molar-refractivity contribution in [2.45, 2.75) is 5.92 Å². The summed E-state index contributed by atoms with van der Waals surface area (Å²) in [6.45, 7) is -0.556. The van der Waals surface area contributed by atoms with Gasteiger partial charge in [0.15, 0.2) is 18.1 Å². The van der Waals surface area contributed by atoms with E-state index in [1.807, 2.05) is 60.7 Å². The number of hydrogen-bond acceptors (Lipinski definition) is 5. The Kier molecular flexibility index (Phi) is 7.83. The van der Waals surface area contributed by atoms with E-state index in [1.54, 1.807) is 6.07 Å². The molecule has 0 saturated carbocycles. The van der Waals surface area contributed by atoms with Crippen molar-refractivity contribution in [2.24, 2.45) is 5.10 Å². The number of nitrogens with one attached hydrogen (secondary N) is 1. The average molecular weight is 453 g/mol. The number of ether oxygens (including phenoxy) is 2. The van der Waals surface area contributed by atoms with Crippen molar-refractivity contribution >= 4 is 29.7 Å². The van der Waals surface area contributed by atoms with E-state index < -0.39 is 18.5 Å². The van der Waals surface area contributed by atoms with Gasteiger partial charge in [0.05, 0.1) is 24.3 Å². The number of carboxylic acids is 1. The molecule has 32 heavy (non-hydrogen) atoms. The zero-order chi connectivity index (χ0) is 22.9. The highest BCUT2D eigenvalue weighted by molar-refractivity contribution is 6.32. The van der Waals surface area contributed by atoms with Gasteiger partial charge in [-0.3, -0.25) is 4.79 Å². The number of halogens is 1. The van der Waals surface area contributed by atoms with Crippen molar-refractivity contribution in [1.82, 2.24) is 5.43 Å². The molecule has 8 heteroatoms. The van der Waals surface area contributed by atoms with Crippen LogP contribution in [0.5, 0.6) is 11.5 Å². The predicted octanol–water partition coefficient (Wildman–Crippen LogP) is 4.09.